The zero-order chi connectivity index (χ0) is 10.6. The van der Waals surface area contributed by atoms with Crippen LogP contribution in [0.15, 0.2) is 28.7 Å². The van der Waals surface area contributed by atoms with E-state index in [4.69, 9.17) is 11.6 Å². The molecule has 4 heteroatoms. The van der Waals surface area contributed by atoms with E-state index >= 15 is 0 Å². The molecule has 0 aliphatic rings. The number of carbonyl (C=O) groups is 1. The number of hydrogen-bond donors (Lipinski definition) is 0. The summed E-state index contributed by atoms with van der Waals surface area (Å²) in [4.78, 5) is 10.8. The lowest BCUT2D eigenvalue weighted by Crippen LogP contribution is -1.93. The second-order valence-corrected chi connectivity index (χ2v) is 3.85. The van der Waals surface area contributed by atoms with Gasteiger partial charge in [0, 0.05) is 15.6 Å². The molecule has 0 unspecified atom stereocenters. The number of ether oxygens (including phenoxy) is 1. The summed E-state index contributed by atoms with van der Waals surface area (Å²) in [6, 6.07) is 5.42. The van der Waals surface area contributed by atoms with Crippen molar-refractivity contribution in [2.45, 2.75) is 0 Å². The van der Waals surface area contributed by atoms with Gasteiger partial charge < -0.3 is 4.74 Å². The first-order valence-electron chi connectivity index (χ1n) is 3.84. The largest absolute Gasteiger partial charge is 0.466 e. The van der Waals surface area contributed by atoms with Crippen molar-refractivity contribution in [3.05, 3.63) is 39.3 Å². The Balaban J connectivity index is 2.87. The number of esters is 1. The van der Waals surface area contributed by atoms with Gasteiger partial charge in [-0.1, -0.05) is 33.6 Å². The molecule has 14 heavy (non-hydrogen) atoms. The summed E-state index contributed by atoms with van der Waals surface area (Å²) in [6.45, 7) is 0. The van der Waals surface area contributed by atoms with E-state index < -0.39 is 5.97 Å². The smallest absolute Gasteiger partial charge is 0.330 e. The van der Waals surface area contributed by atoms with Crippen LogP contribution in [0.4, 0.5) is 0 Å². The van der Waals surface area contributed by atoms with Crippen LogP contribution in [0.5, 0.6) is 0 Å². The highest BCUT2D eigenvalue weighted by Gasteiger charge is 1.98. The maximum Gasteiger partial charge on any atom is 0.330 e. The normalized spacial score (nSPS) is 10.5. The van der Waals surface area contributed by atoms with Crippen LogP contribution in [0.3, 0.4) is 0 Å². The number of carbonyl (C=O) groups excluding carboxylic acids is 1. The van der Waals surface area contributed by atoms with Crippen LogP contribution in [0.1, 0.15) is 5.56 Å². The van der Waals surface area contributed by atoms with Gasteiger partial charge in [-0.3, -0.25) is 0 Å². The fourth-order valence-corrected chi connectivity index (χ4v) is 1.60. The van der Waals surface area contributed by atoms with Crippen LogP contribution >= 0.6 is 27.5 Å². The van der Waals surface area contributed by atoms with E-state index in [1.807, 2.05) is 12.1 Å². The molecular weight excluding hydrogens is 267 g/mol. The first-order valence-corrected chi connectivity index (χ1v) is 5.01. The Kier molecular flexibility index (Phi) is 4.17. The molecule has 2 nitrogen and oxygen atoms in total. The first kappa shape index (κ1) is 11.3. The fourth-order valence-electron chi connectivity index (χ4n) is 0.863. The van der Waals surface area contributed by atoms with Crippen LogP contribution in [0.2, 0.25) is 5.02 Å². The predicted molar refractivity (Wildman–Crippen MR) is 60.2 cm³/mol. The first-order chi connectivity index (χ1) is 6.63. The summed E-state index contributed by atoms with van der Waals surface area (Å²) < 4.78 is 5.36. The minimum absolute atomic E-state index is 0.399. The van der Waals surface area contributed by atoms with Gasteiger partial charge in [0.1, 0.15) is 0 Å². The van der Waals surface area contributed by atoms with Crippen LogP contribution in [-0.4, -0.2) is 13.1 Å². The van der Waals surface area contributed by atoms with Gasteiger partial charge in [-0.05, 0) is 23.8 Å². The molecule has 1 aromatic carbocycles. The number of halogens is 2. The second kappa shape index (κ2) is 5.17. The van der Waals surface area contributed by atoms with Crippen molar-refractivity contribution >= 4 is 39.6 Å². The van der Waals surface area contributed by atoms with Gasteiger partial charge in [-0.2, -0.15) is 0 Å². The molecule has 1 aromatic rings. The highest BCUT2D eigenvalue weighted by Crippen LogP contribution is 2.22. The zero-order valence-corrected chi connectivity index (χ0v) is 9.80. The molecule has 0 bridgehead atoms. The standard InChI is InChI=1S/C10H8BrClO2/c1-14-10(13)5-3-7-2-4-8(11)6-9(7)12/h2-6H,1H3/b5-3+. The maximum absolute atomic E-state index is 10.8. The number of rotatable bonds is 2. The molecule has 74 valence electrons. The average Bonchev–Trinajstić information content (AvgIpc) is 2.16. The molecular formula is C10H8BrClO2. The quantitative estimate of drug-likeness (QED) is 0.611. The van der Waals surface area contributed by atoms with Gasteiger partial charge in [0.05, 0.1) is 7.11 Å². The third-order valence-electron chi connectivity index (χ3n) is 1.56. The van der Waals surface area contributed by atoms with Crippen molar-refractivity contribution in [1.82, 2.24) is 0 Å². The fraction of sp³-hybridized carbons (Fsp3) is 0.100. The van der Waals surface area contributed by atoms with E-state index in [9.17, 15) is 4.79 Å². The predicted octanol–water partition coefficient (Wildman–Crippen LogP) is 3.29. The van der Waals surface area contributed by atoms with Crippen LogP contribution < -0.4 is 0 Å². The second-order valence-electron chi connectivity index (χ2n) is 2.52. The molecule has 0 amide bonds. The van der Waals surface area contributed by atoms with Gasteiger partial charge in [-0.15, -0.1) is 0 Å². The van der Waals surface area contributed by atoms with E-state index in [0.29, 0.717) is 5.02 Å². The van der Waals surface area contributed by atoms with E-state index in [1.54, 1.807) is 12.1 Å². The molecule has 0 saturated carbocycles. The van der Waals surface area contributed by atoms with E-state index in [1.165, 1.54) is 13.2 Å². The topological polar surface area (TPSA) is 26.3 Å². The van der Waals surface area contributed by atoms with Gasteiger partial charge >= 0.3 is 5.97 Å². The minimum atomic E-state index is -0.399. The highest BCUT2D eigenvalue weighted by atomic mass is 79.9. The molecule has 0 heterocycles. The van der Waals surface area contributed by atoms with Gasteiger partial charge in [0.2, 0.25) is 0 Å². The SMILES string of the molecule is COC(=O)/C=C/c1ccc(Br)cc1Cl. The summed E-state index contributed by atoms with van der Waals surface area (Å²) >= 11 is 9.21. The van der Waals surface area contributed by atoms with Crippen LogP contribution in [0.25, 0.3) is 6.08 Å². The van der Waals surface area contributed by atoms with E-state index in [2.05, 4.69) is 20.7 Å². The van der Waals surface area contributed by atoms with Crippen molar-refractivity contribution in [3.63, 3.8) is 0 Å². The Bertz CT molecular complexity index is 374. The minimum Gasteiger partial charge on any atom is -0.466 e. The molecule has 0 N–H and O–H groups in total. The summed E-state index contributed by atoms with van der Waals surface area (Å²) in [6.07, 6.45) is 2.94. The Hall–Kier alpha value is -0.800. The molecule has 0 radical (unpaired) electrons. The summed E-state index contributed by atoms with van der Waals surface area (Å²) in [5.41, 5.74) is 0.778. The van der Waals surface area contributed by atoms with Gasteiger partial charge in [-0.25, -0.2) is 4.79 Å². The summed E-state index contributed by atoms with van der Waals surface area (Å²) in [7, 11) is 1.33. The highest BCUT2D eigenvalue weighted by molar-refractivity contribution is 9.10. The zero-order valence-electron chi connectivity index (χ0n) is 7.46. The van der Waals surface area contributed by atoms with E-state index in [-0.39, 0.29) is 0 Å². The summed E-state index contributed by atoms with van der Waals surface area (Å²) in [5.74, 6) is -0.399. The summed E-state index contributed by atoms with van der Waals surface area (Å²) in [5, 5.41) is 0.583. The van der Waals surface area contributed by atoms with Gasteiger partial charge in [0.15, 0.2) is 0 Å². The van der Waals surface area contributed by atoms with Crippen molar-refractivity contribution in [2.75, 3.05) is 7.11 Å². The Labute approximate surface area is 95.6 Å². The molecule has 0 saturated heterocycles. The molecule has 0 spiro atoms. The molecule has 0 aliphatic carbocycles. The van der Waals surface area contributed by atoms with E-state index in [0.717, 1.165) is 10.0 Å². The lowest BCUT2D eigenvalue weighted by molar-refractivity contribution is -0.134. The van der Waals surface area contributed by atoms with Crippen molar-refractivity contribution in [2.24, 2.45) is 0 Å². The van der Waals surface area contributed by atoms with Crippen molar-refractivity contribution in [3.8, 4) is 0 Å². The third-order valence-corrected chi connectivity index (χ3v) is 2.38. The molecule has 0 aromatic heterocycles. The third kappa shape index (κ3) is 3.16. The maximum atomic E-state index is 10.8. The molecule has 1 rings (SSSR count). The van der Waals surface area contributed by atoms with Crippen molar-refractivity contribution in [1.29, 1.82) is 0 Å². The monoisotopic (exact) mass is 274 g/mol. The Morgan fingerprint density at radius 3 is 2.86 bits per heavy atom. The lowest BCUT2D eigenvalue weighted by atomic mass is 10.2. The van der Waals surface area contributed by atoms with Crippen molar-refractivity contribution < 1.29 is 9.53 Å². The number of methoxy groups -OCH3 is 1. The van der Waals surface area contributed by atoms with Gasteiger partial charge in [0.25, 0.3) is 0 Å². The number of benzene rings is 1. The molecule has 0 atom stereocenters. The van der Waals surface area contributed by atoms with Crippen LogP contribution in [0, 0.1) is 0 Å². The Morgan fingerprint density at radius 2 is 2.29 bits per heavy atom. The molecule has 0 aliphatic heterocycles. The lowest BCUT2D eigenvalue weighted by Gasteiger charge is -1.98. The molecule has 0 fully saturated rings. The number of hydrogen-bond acceptors (Lipinski definition) is 2. The Morgan fingerprint density at radius 1 is 1.57 bits per heavy atom. The average molecular weight is 276 g/mol. The van der Waals surface area contributed by atoms with Crippen LogP contribution in [-0.2, 0) is 9.53 Å².